The third-order valence-electron chi connectivity index (χ3n) is 3.75. The number of nitrogens with zero attached hydrogens (tertiary/aromatic N) is 2. The highest BCUT2D eigenvalue weighted by Gasteiger charge is 2.24. The molecule has 3 rings (SSSR count). The number of ether oxygens (including phenoxy) is 1. The Morgan fingerprint density at radius 3 is 3.00 bits per heavy atom. The van der Waals surface area contributed by atoms with Crippen molar-refractivity contribution in [2.45, 2.75) is 39.2 Å². The summed E-state index contributed by atoms with van der Waals surface area (Å²) in [6.45, 7) is 4.71. The smallest absolute Gasteiger partial charge is 0.322 e. The zero-order chi connectivity index (χ0) is 15.5. The van der Waals surface area contributed by atoms with Gasteiger partial charge in [-0.3, -0.25) is 10.1 Å². The molecule has 2 aromatic rings. The number of carbonyl (C=O) groups excluding carboxylic acids is 1. The van der Waals surface area contributed by atoms with E-state index in [1.54, 1.807) is 0 Å². The van der Waals surface area contributed by atoms with Gasteiger partial charge in [-0.25, -0.2) is 0 Å². The number of aryl methyl sites for hydroxylation is 2. The number of anilines is 1. The summed E-state index contributed by atoms with van der Waals surface area (Å²) in [5.41, 5.74) is 3.22. The molecule has 0 spiro atoms. The average molecular weight is 301 g/mol. The maximum absolute atomic E-state index is 12.1. The van der Waals surface area contributed by atoms with Crippen LogP contribution in [0.4, 0.5) is 6.01 Å². The highest BCUT2D eigenvalue weighted by Crippen LogP contribution is 2.28. The van der Waals surface area contributed by atoms with Gasteiger partial charge in [0.2, 0.25) is 11.8 Å². The first-order chi connectivity index (χ1) is 10.6. The lowest BCUT2D eigenvalue weighted by atomic mass is 10.0. The predicted molar refractivity (Wildman–Crippen MR) is 80.5 cm³/mol. The van der Waals surface area contributed by atoms with E-state index in [2.05, 4.69) is 15.5 Å². The van der Waals surface area contributed by atoms with E-state index in [-0.39, 0.29) is 24.4 Å². The molecule has 116 valence electrons. The maximum Gasteiger partial charge on any atom is 0.322 e. The molecular formula is C16H19N3O3. The molecule has 0 radical (unpaired) electrons. The molecule has 1 saturated heterocycles. The minimum atomic E-state index is -0.170. The van der Waals surface area contributed by atoms with Crippen molar-refractivity contribution in [3.63, 3.8) is 0 Å². The van der Waals surface area contributed by atoms with Crippen molar-refractivity contribution in [2.24, 2.45) is 0 Å². The van der Waals surface area contributed by atoms with Crippen molar-refractivity contribution in [3.8, 4) is 0 Å². The summed E-state index contributed by atoms with van der Waals surface area (Å²) in [4.78, 5) is 12.1. The highest BCUT2D eigenvalue weighted by molar-refractivity contribution is 5.90. The largest absolute Gasteiger partial charge is 0.405 e. The second kappa shape index (κ2) is 6.27. The van der Waals surface area contributed by atoms with E-state index in [9.17, 15) is 4.79 Å². The summed E-state index contributed by atoms with van der Waals surface area (Å²) in [6.07, 6.45) is 2.00. The Morgan fingerprint density at radius 2 is 2.23 bits per heavy atom. The fourth-order valence-electron chi connectivity index (χ4n) is 2.51. The topological polar surface area (TPSA) is 77.2 Å². The average Bonchev–Trinajstić information content (AvgIpc) is 3.13. The number of benzene rings is 1. The number of hydrogen-bond acceptors (Lipinski definition) is 5. The molecule has 1 aliphatic heterocycles. The van der Waals surface area contributed by atoms with Gasteiger partial charge in [0.25, 0.3) is 0 Å². The van der Waals surface area contributed by atoms with E-state index in [4.69, 9.17) is 9.15 Å². The van der Waals surface area contributed by atoms with E-state index < -0.39 is 0 Å². The molecule has 6 nitrogen and oxygen atoms in total. The van der Waals surface area contributed by atoms with Crippen molar-refractivity contribution in [2.75, 3.05) is 11.9 Å². The normalized spacial score (nSPS) is 17.6. The summed E-state index contributed by atoms with van der Waals surface area (Å²) in [5, 5.41) is 10.4. The lowest BCUT2D eigenvalue weighted by molar-refractivity contribution is -0.115. The van der Waals surface area contributed by atoms with Crippen molar-refractivity contribution < 1.29 is 13.9 Å². The van der Waals surface area contributed by atoms with Gasteiger partial charge in [0.15, 0.2) is 0 Å². The molecule has 6 heteroatoms. The number of amides is 1. The third-order valence-corrected chi connectivity index (χ3v) is 3.75. The van der Waals surface area contributed by atoms with Gasteiger partial charge < -0.3 is 9.15 Å². The number of hydrogen-bond donors (Lipinski definition) is 1. The zero-order valence-electron chi connectivity index (χ0n) is 12.8. The fourth-order valence-corrected chi connectivity index (χ4v) is 2.51. The summed E-state index contributed by atoms with van der Waals surface area (Å²) >= 11 is 0. The Kier molecular flexibility index (Phi) is 4.20. The predicted octanol–water partition coefficient (Wildman–Crippen LogP) is 2.72. The molecule has 0 saturated carbocycles. The molecule has 2 heterocycles. The second-order valence-corrected chi connectivity index (χ2v) is 5.60. The molecule has 0 bridgehead atoms. The molecule has 1 fully saturated rings. The van der Waals surface area contributed by atoms with Crippen molar-refractivity contribution in [1.82, 2.24) is 10.2 Å². The van der Waals surface area contributed by atoms with Gasteiger partial charge in [0, 0.05) is 6.61 Å². The van der Waals surface area contributed by atoms with Crippen LogP contribution in [0, 0.1) is 13.8 Å². The Balaban J connectivity index is 1.63. The van der Waals surface area contributed by atoms with Crippen LogP contribution in [0.3, 0.4) is 0 Å². The van der Waals surface area contributed by atoms with Gasteiger partial charge in [-0.1, -0.05) is 28.9 Å². The van der Waals surface area contributed by atoms with Crippen molar-refractivity contribution in [1.29, 1.82) is 0 Å². The van der Waals surface area contributed by atoms with Gasteiger partial charge in [0.05, 0.1) is 6.42 Å². The molecule has 1 aromatic heterocycles. The second-order valence-electron chi connectivity index (χ2n) is 5.60. The van der Waals surface area contributed by atoms with Crippen LogP contribution < -0.4 is 5.32 Å². The number of carbonyl (C=O) groups is 1. The number of aromatic nitrogens is 2. The summed E-state index contributed by atoms with van der Waals surface area (Å²) < 4.78 is 10.9. The Hall–Kier alpha value is -2.21. The molecule has 1 amide bonds. The fraction of sp³-hybridized carbons (Fsp3) is 0.438. The van der Waals surface area contributed by atoms with Crippen molar-refractivity contribution in [3.05, 3.63) is 40.8 Å². The molecule has 1 aliphatic rings. The first kappa shape index (κ1) is 14.7. The van der Waals surface area contributed by atoms with Crippen LogP contribution >= 0.6 is 0 Å². The Labute approximate surface area is 128 Å². The maximum atomic E-state index is 12.1. The molecule has 22 heavy (non-hydrogen) atoms. The minimum Gasteiger partial charge on any atom is -0.405 e. The lowest BCUT2D eigenvalue weighted by Gasteiger charge is -2.06. The van der Waals surface area contributed by atoms with Crippen LogP contribution in [0.2, 0.25) is 0 Å². The van der Waals surface area contributed by atoms with Crippen molar-refractivity contribution >= 4 is 11.9 Å². The zero-order valence-corrected chi connectivity index (χ0v) is 12.8. The van der Waals surface area contributed by atoms with Crippen LogP contribution in [-0.2, 0) is 16.0 Å². The van der Waals surface area contributed by atoms with Gasteiger partial charge in [-0.05, 0) is 37.8 Å². The molecule has 1 aromatic carbocycles. The van der Waals surface area contributed by atoms with E-state index >= 15 is 0 Å². The third kappa shape index (κ3) is 3.33. The monoisotopic (exact) mass is 301 g/mol. The molecule has 1 N–H and O–H groups in total. The SMILES string of the molecule is Cc1ccc(C)c(CC(=O)Nc2nnc(C3CCCO3)o2)c1. The minimum absolute atomic E-state index is 0.126. The van der Waals surface area contributed by atoms with Crippen LogP contribution in [0.15, 0.2) is 22.6 Å². The summed E-state index contributed by atoms with van der Waals surface area (Å²) in [7, 11) is 0. The van der Waals surface area contributed by atoms with Crippen LogP contribution in [-0.4, -0.2) is 22.7 Å². The van der Waals surface area contributed by atoms with Crippen LogP contribution in [0.5, 0.6) is 0 Å². The molecule has 1 unspecified atom stereocenters. The molecular weight excluding hydrogens is 282 g/mol. The number of nitrogens with one attached hydrogen (secondary N) is 1. The summed E-state index contributed by atoms with van der Waals surface area (Å²) in [6, 6.07) is 6.18. The number of rotatable bonds is 4. The summed E-state index contributed by atoms with van der Waals surface area (Å²) in [5.74, 6) is 0.260. The Morgan fingerprint density at radius 1 is 1.36 bits per heavy atom. The lowest BCUT2D eigenvalue weighted by Crippen LogP contribution is -2.15. The van der Waals surface area contributed by atoms with Crippen LogP contribution in [0.25, 0.3) is 0 Å². The molecule has 0 aliphatic carbocycles. The van der Waals surface area contributed by atoms with Gasteiger partial charge in [-0.15, -0.1) is 5.10 Å². The van der Waals surface area contributed by atoms with E-state index in [0.29, 0.717) is 12.5 Å². The quantitative estimate of drug-likeness (QED) is 0.939. The van der Waals surface area contributed by atoms with Gasteiger partial charge in [-0.2, -0.15) is 0 Å². The van der Waals surface area contributed by atoms with Gasteiger partial charge in [0.1, 0.15) is 6.10 Å². The first-order valence-electron chi connectivity index (χ1n) is 7.43. The Bertz CT molecular complexity index is 675. The molecule has 1 atom stereocenters. The first-order valence-corrected chi connectivity index (χ1v) is 7.43. The van der Waals surface area contributed by atoms with E-state index in [1.165, 1.54) is 0 Å². The van der Waals surface area contributed by atoms with E-state index in [0.717, 1.165) is 29.5 Å². The van der Waals surface area contributed by atoms with E-state index in [1.807, 2.05) is 32.0 Å². The van der Waals surface area contributed by atoms with Crippen LogP contribution in [0.1, 0.15) is 41.5 Å². The highest BCUT2D eigenvalue weighted by atomic mass is 16.5. The van der Waals surface area contributed by atoms with Gasteiger partial charge >= 0.3 is 6.01 Å². The standard InChI is InChI=1S/C16H19N3O3/c1-10-5-6-11(2)12(8-10)9-14(20)17-16-19-18-15(22-16)13-4-3-7-21-13/h5-6,8,13H,3-4,7,9H2,1-2H3,(H,17,19,20).